The van der Waals surface area contributed by atoms with Gasteiger partial charge in [0.25, 0.3) is 0 Å². The molecule has 0 heterocycles. The van der Waals surface area contributed by atoms with E-state index in [2.05, 4.69) is 6.58 Å². The number of allylic oxidation sites excluding steroid dienone is 1. The molecule has 2 aliphatic carbocycles. The Balaban J connectivity index is 1.36. The number of benzene rings is 1. The van der Waals surface area contributed by atoms with Gasteiger partial charge in [0.05, 0.1) is 0 Å². The Morgan fingerprint density at radius 2 is 1.40 bits per heavy atom. The second-order valence-electron chi connectivity index (χ2n) is 9.72. The van der Waals surface area contributed by atoms with Gasteiger partial charge in [-0.25, -0.2) is 8.78 Å². The largest absolute Gasteiger partial charge is 0.205 e. The maximum Gasteiger partial charge on any atom is 0.144 e. The van der Waals surface area contributed by atoms with Crippen molar-refractivity contribution >= 4 is 0 Å². The normalized spacial score (nSPS) is 26.8. The van der Waals surface area contributed by atoms with Crippen LogP contribution in [-0.2, 0) is 6.42 Å². The van der Waals surface area contributed by atoms with Crippen molar-refractivity contribution in [3.8, 4) is 6.07 Å². The molecular formula is C27H37F2N. The molecule has 2 saturated carbocycles. The molecule has 2 aliphatic rings. The molecule has 0 atom stereocenters. The van der Waals surface area contributed by atoms with E-state index in [9.17, 15) is 8.78 Å². The maximum absolute atomic E-state index is 13.8. The molecule has 164 valence electrons. The van der Waals surface area contributed by atoms with E-state index in [1.165, 1.54) is 82.8 Å². The fourth-order valence-electron chi connectivity index (χ4n) is 5.87. The number of nitriles is 1. The zero-order valence-corrected chi connectivity index (χ0v) is 18.4. The first-order valence-corrected chi connectivity index (χ1v) is 12.1. The Hall–Kier alpha value is -1.69. The summed E-state index contributed by atoms with van der Waals surface area (Å²) in [6, 6.07) is 4.27. The zero-order chi connectivity index (χ0) is 21.3. The Labute approximate surface area is 181 Å². The average molecular weight is 414 g/mol. The van der Waals surface area contributed by atoms with Crippen molar-refractivity contribution < 1.29 is 8.78 Å². The predicted octanol–water partition coefficient (Wildman–Crippen LogP) is 8.13. The van der Waals surface area contributed by atoms with Crippen molar-refractivity contribution in [2.24, 2.45) is 23.7 Å². The smallest absolute Gasteiger partial charge is 0.144 e. The second kappa shape index (κ2) is 11.6. The highest BCUT2D eigenvalue weighted by Crippen LogP contribution is 2.43. The molecule has 30 heavy (non-hydrogen) atoms. The van der Waals surface area contributed by atoms with Crippen molar-refractivity contribution in [2.45, 2.75) is 89.9 Å². The van der Waals surface area contributed by atoms with Crippen LogP contribution in [0.5, 0.6) is 0 Å². The van der Waals surface area contributed by atoms with Gasteiger partial charge in [-0.2, -0.15) is 5.26 Å². The number of hydrogen-bond acceptors (Lipinski definition) is 1. The predicted molar refractivity (Wildman–Crippen MR) is 119 cm³/mol. The highest BCUT2D eigenvalue weighted by Gasteiger charge is 2.30. The van der Waals surface area contributed by atoms with Crippen LogP contribution < -0.4 is 0 Å². The highest BCUT2D eigenvalue weighted by molar-refractivity contribution is 5.35. The monoisotopic (exact) mass is 413 g/mol. The van der Waals surface area contributed by atoms with Crippen molar-refractivity contribution in [2.75, 3.05) is 0 Å². The molecule has 0 amide bonds. The van der Waals surface area contributed by atoms with Crippen molar-refractivity contribution in [3.63, 3.8) is 0 Å². The van der Waals surface area contributed by atoms with Gasteiger partial charge in [0, 0.05) is 0 Å². The summed E-state index contributed by atoms with van der Waals surface area (Å²) < 4.78 is 27.6. The van der Waals surface area contributed by atoms with Gasteiger partial charge < -0.3 is 0 Å². The van der Waals surface area contributed by atoms with Gasteiger partial charge in [-0.1, -0.05) is 44.6 Å². The summed E-state index contributed by atoms with van der Waals surface area (Å²) in [4.78, 5) is 0. The Morgan fingerprint density at radius 1 is 0.867 bits per heavy atom. The van der Waals surface area contributed by atoms with E-state index >= 15 is 0 Å². The van der Waals surface area contributed by atoms with Crippen LogP contribution in [0.3, 0.4) is 0 Å². The molecule has 0 spiro atoms. The van der Waals surface area contributed by atoms with Crippen LogP contribution in [-0.4, -0.2) is 0 Å². The van der Waals surface area contributed by atoms with Gasteiger partial charge in [0.1, 0.15) is 23.3 Å². The first-order valence-electron chi connectivity index (χ1n) is 12.1. The van der Waals surface area contributed by atoms with E-state index in [-0.39, 0.29) is 0 Å². The lowest BCUT2D eigenvalue weighted by molar-refractivity contribution is 0.140. The van der Waals surface area contributed by atoms with E-state index in [1.54, 1.807) is 6.07 Å². The summed E-state index contributed by atoms with van der Waals surface area (Å²) in [5.74, 6) is 1.99. The first-order chi connectivity index (χ1) is 14.6. The molecule has 1 aromatic carbocycles. The molecule has 0 unspecified atom stereocenters. The van der Waals surface area contributed by atoms with E-state index in [0.717, 1.165) is 30.6 Å². The molecule has 0 saturated heterocycles. The van der Waals surface area contributed by atoms with E-state index in [4.69, 9.17) is 5.26 Å². The minimum atomic E-state index is -0.729. The summed E-state index contributed by atoms with van der Waals surface area (Å²) in [7, 11) is 0. The Morgan fingerprint density at radius 3 is 1.90 bits per heavy atom. The molecule has 0 aliphatic heterocycles. The fourth-order valence-corrected chi connectivity index (χ4v) is 5.87. The molecule has 1 nitrogen and oxygen atoms in total. The van der Waals surface area contributed by atoms with Crippen LogP contribution in [0.2, 0.25) is 0 Å². The lowest BCUT2D eigenvalue weighted by Gasteiger charge is -2.38. The van der Waals surface area contributed by atoms with Crippen LogP contribution in [0, 0.1) is 46.6 Å². The van der Waals surface area contributed by atoms with Crippen LogP contribution >= 0.6 is 0 Å². The molecule has 1 aromatic rings. The molecule has 0 aromatic heterocycles. The summed E-state index contributed by atoms with van der Waals surface area (Å²) >= 11 is 0. The number of nitrogens with zero attached hydrogens (tertiary/aromatic N) is 1. The Bertz CT molecular complexity index is 696. The molecule has 3 heteroatoms. The van der Waals surface area contributed by atoms with Crippen LogP contribution in [0.25, 0.3) is 0 Å². The van der Waals surface area contributed by atoms with Gasteiger partial charge in [-0.05, 0) is 92.7 Å². The van der Waals surface area contributed by atoms with E-state index in [1.807, 2.05) is 6.08 Å². The summed E-state index contributed by atoms with van der Waals surface area (Å²) in [6.45, 7) is 3.81. The minimum absolute atomic E-state index is 0.467. The number of halogens is 2. The summed E-state index contributed by atoms with van der Waals surface area (Å²) in [6.07, 6.45) is 19.8. The van der Waals surface area contributed by atoms with E-state index < -0.39 is 17.2 Å². The Kier molecular flexibility index (Phi) is 8.91. The van der Waals surface area contributed by atoms with Gasteiger partial charge in [0.2, 0.25) is 0 Å². The lowest BCUT2D eigenvalue weighted by Crippen LogP contribution is -2.26. The van der Waals surface area contributed by atoms with Gasteiger partial charge in [-0.15, -0.1) is 6.58 Å². The maximum atomic E-state index is 13.8. The standard InChI is InChI=1S/C27H37F2N/c1-2-3-4-5-6-20-9-13-23(14-10-20)24-15-11-21(12-16-24)7-8-22-17-26(28)25(19-30)27(29)18-22/h2,17-18,20-21,23-24H,1,3-16H2. The minimum Gasteiger partial charge on any atom is -0.205 e. The second-order valence-corrected chi connectivity index (χ2v) is 9.72. The SMILES string of the molecule is C=CCCCCC1CCC(C2CCC(CCc3cc(F)c(C#N)c(F)c3)CC2)CC1. The van der Waals surface area contributed by atoms with Gasteiger partial charge in [-0.3, -0.25) is 0 Å². The third kappa shape index (κ3) is 6.40. The number of aryl methyl sites for hydroxylation is 1. The number of unbranched alkanes of at least 4 members (excludes halogenated alkanes) is 2. The third-order valence-electron chi connectivity index (χ3n) is 7.78. The van der Waals surface area contributed by atoms with Crippen LogP contribution in [0.4, 0.5) is 8.78 Å². The quantitative estimate of drug-likeness (QED) is 0.296. The number of rotatable bonds is 9. The number of hydrogen-bond donors (Lipinski definition) is 0. The average Bonchev–Trinajstić information content (AvgIpc) is 2.76. The topological polar surface area (TPSA) is 23.8 Å². The zero-order valence-electron chi connectivity index (χ0n) is 18.4. The highest BCUT2D eigenvalue weighted by atomic mass is 19.1. The van der Waals surface area contributed by atoms with Gasteiger partial charge in [0.15, 0.2) is 0 Å². The van der Waals surface area contributed by atoms with Gasteiger partial charge >= 0.3 is 0 Å². The fraction of sp³-hybridized carbons (Fsp3) is 0.667. The first kappa shape index (κ1) is 23.0. The van der Waals surface area contributed by atoms with Crippen molar-refractivity contribution in [1.29, 1.82) is 5.26 Å². The van der Waals surface area contributed by atoms with Crippen LogP contribution in [0.15, 0.2) is 24.8 Å². The molecule has 0 bridgehead atoms. The lowest BCUT2D eigenvalue weighted by atomic mass is 9.68. The molecule has 0 N–H and O–H groups in total. The molecule has 2 fully saturated rings. The van der Waals surface area contributed by atoms with Crippen molar-refractivity contribution in [1.82, 2.24) is 0 Å². The molecular weight excluding hydrogens is 376 g/mol. The van der Waals surface area contributed by atoms with Crippen molar-refractivity contribution in [3.05, 3.63) is 47.5 Å². The van der Waals surface area contributed by atoms with E-state index in [0.29, 0.717) is 17.9 Å². The van der Waals surface area contributed by atoms with Crippen LogP contribution in [0.1, 0.15) is 94.6 Å². The summed E-state index contributed by atoms with van der Waals surface area (Å²) in [5, 5.41) is 8.80. The summed E-state index contributed by atoms with van der Waals surface area (Å²) in [5.41, 5.74) is 0.211. The third-order valence-corrected chi connectivity index (χ3v) is 7.78. The molecule has 0 radical (unpaired) electrons. The molecule has 3 rings (SSSR count).